The Hall–Kier alpha value is -1.48. The molecule has 3 N–H and O–H groups in total. The Balaban J connectivity index is 2.98. The van der Waals surface area contributed by atoms with Crippen molar-refractivity contribution in [3.8, 4) is 0 Å². The van der Waals surface area contributed by atoms with Gasteiger partial charge in [0.1, 0.15) is 0 Å². The zero-order chi connectivity index (χ0) is 14.7. The van der Waals surface area contributed by atoms with E-state index in [4.69, 9.17) is 5.73 Å². The van der Waals surface area contributed by atoms with Gasteiger partial charge in [-0.3, -0.25) is 4.72 Å². The van der Waals surface area contributed by atoms with E-state index in [-0.39, 0.29) is 18.0 Å². The molecule has 9 heteroatoms. The average Bonchev–Trinajstić information content (AvgIpc) is 2.27. The number of nitrogens with two attached hydrogens (primary N) is 1. The summed E-state index contributed by atoms with van der Waals surface area (Å²) < 4.78 is 67.4. The van der Waals surface area contributed by atoms with Crippen molar-refractivity contribution in [1.29, 1.82) is 0 Å². The lowest BCUT2D eigenvalue weighted by atomic mass is 10.1. The maximum absolute atomic E-state index is 12.6. The van der Waals surface area contributed by atoms with Crippen molar-refractivity contribution in [2.75, 3.05) is 29.9 Å². The number of anilines is 2. The highest BCUT2D eigenvalue weighted by Crippen LogP contribution is 2.35. The number of halogens is 3. The van der Waals surface area contributed by atoms with E-state index >= 15 is 0 Å². The first kappa shape index (κ1) is 15.6. The second kappa shape index (κ2) is 5.66. The van der Waals surface area contributed by atoms with E-state index in [9.17, 15) is 21.6 Å². The van der Waals surface area contributed by atoms with Crippen LogP contribution in [0.4, 0.5) is 24.5 Å². The molecule has 0 aromatic heterocycles. The summed E-state index contributed by atoms with van der Waals surface area (Å²) in [5, 5.41) is 0. The van der Waals surface area contributed by atoms with E-state index in [2.05, 4.69) is 4.74 Å². The Morgan fingerprint density at radius 2 is 2.00 bits per heavy atom. The topological polar surface area (TPSA) is 81.4 Å². The van der Waals surface area contributed by atoms with Crippen molar-refractivity contribution < 1.29 is 26.3 Å². The molecule has 0 bridgehead atoms. The number of hydrogen-bond acceptors (Lipinski definition) is 4. The van der Waals surface area contributed by atoms with Crippen molar-refractivity contribution in [3.05, 3.63) is 23.8 Å². The van der Waals surface area contributed by atoms with Gasteiger partial charge in [-0.05, 0) is 18.2 Å². The second-order valence-electron chi connectivity index (χ2n) is 3.71. The Bertz CT molecular complexity index is 543. The first-order valence-electron chi connectivity index (χ1n) is 5.12. The predicted molar refractivity (Wildman–Crippen MR) is 65.1 cm³/mol. The Kier molecular flexibility index (Phi) is 4.64. The SMILES string of the molecule is COCCS(=O)(=O)Nc1ccc(N)c(C(F)(F)F)c1. The molecule has 19 heavy (non-hydrogen) atoms. The number of methoxy groups -OCH3 is 1. The lowest BCUT2D eigenvalue weighted by molar-refractivity contribution is -0.136. The monoisotopic (exact) mass is 298 g/mol. The van der Waals surface area contributed by atoms with E-state index in [0.717, 1.165) is 12.1 Å². The van der Waals surface area contributed by atoms with Crippen LogP contribution in [0.1, 0.15) is 5.56 Å². The largest absolute Gasteiger partial charge is 0.418 e. The van der Waals surface area contributed by atoms with Gasteiger partial charge < -0.3 is 10.5 Å². The smallest absolute Gasteiger partial charge is 0.398 e. The number of sulfonamides is 1. The molecule has 108 valence electrons. The normalized spacial score (nSPS) is 12.4. The van der Waals surface area contributed by atoms with Gasteiger partial charge in [-0.2, -0.15) is 13.2 Å². The summed E-state index contributed by atoms with van der Waals surface area (Å²) in [6.45, 7) is -0.0591. The fourth-order valence-corrected chi connectivity index (χ4v) is 2.26. The third-order valence-corrected chi connectivity index (χ3v) is 3.44. The minimum atomic E-state index is -4.64. The van der Waals surface area contributed by atoms with Crippen molar-refractivity contribution in [2.24, 2.45) is 0 Å². The fraction of sp³-hybridized carbons (Fsp3) is 0.400. The quantitative estimate of drug-likeness (QED) is 0.810. The highest BCUT2D eigenvalue weighted by molar-refractivity contribution is 7.92. The molecular formula is C10H13F3N2O3S. The van der Waals surface area contributed by atoms with E-state index in [0.29, 0.717) is 6.07 Å². The van der Waals surface area contributed by atoms with E-state index in [1.165, 1.54) is 7.11 Å². The molecule has 0 heterocycles. The van der Waals surface area contributed by atoms with Gasteiger partial charge in [0.05, 0.1) is 17.9 Å². The summed E-state index contributed by atoms with van der Waals surface area (Å²) in [7, 11) is -2.44. The van der Waals surface area contributed by atoms with Crippen molar-refractivity contribution in [1.82, 2.24) is 0 Å². The number of benzene rings is 1. The van der Waals surface area contributed by atoms with Gasteiger partial charge in [-0.25, -0.2) is 8.42 Å². The number of nitrogen functional groups attached to an aromatic ring is 1. The molecule has 0 aliphatic carbocycles. The van der Waals surface area contributed by atoms with E-state index in [1.807, 2.05) is 4.72 Å². The third kappa shape index (κ3) is 4.60. The van der Waals surface area contributed by atoms with Crippen LogP contribution in [-0.2, 0) is 20.9 Å². The molecule has 1 aromatic carbocycles. The number of ether oxygens (including phenoxy) is 1. The van der Waals surface area contributed by atoms with Gasteiger partial charge in [-0.1, -0.05) is 0 Å². The van der Waals surface area contributed by atoms with Crippen LogP contribution in [0.3, 0.4) is 0 Å². The van der Waals surface area contributed by atoms with Crippen LogP contribution in [-0.4, -0.2) is 27.9 Å². The molecule has 1 aromatic rings. The van der Waals surface area contributed by atoms with Crippen LogP contribution in [0, 0.1) is 0 Å². The van der Waals surface area contributed by atoms with Crippen LogP contribution in [0.25, 0.3) is 0 Å². The maximum atomic E-state index is 12.6. The number of alkyl halides is 3. The molecule has 5 nitrogen and oxygen atoms in total. The standard InChI is InChI=1S/C10H13F3N2O3S/c1-18-4-5-19(16,17)15-7-2-3-9(14)8(6-7)10(11,12)13/h2-3,6,15H,4-5,14H2,1H3. The molecule has 0 saturated heterocycles. The summed E-state index contributed by atoms with van der Waals surface area (Å²) in [5.74, 6) is -0.352. The van der Waals surface area contributed by atoms with Gasteiger partial charge in [0.25, 0.3) is 0 Å². The zero-order valence-corrected chi connectivity index (χ0v) is 10.8. The Morgan fingerprint density at radius 3 is 2.53 bits per heavy atom. The van der Waals surface area contributed by atoms with Gasteiger partial charge in [0.15, 0.2) is 0 Å². The Labute approximate surface area is 108 Å². The third-order valence-electron chi connectivity index (χ3n) is 2.19. The van der Waals surface area contributed by atoms with Gasteiger partial charge in [0, 0.05) is 18.5 Å². The molecule has 0 fully saturated rings. The first-order valence-corrected chi connectivity index (χ1v) is 6.77. The molecule has 0 unspecified atom stereocenters. The maximum Gasteiger partial charge on any atom is 0.418 e. The molecule has 0 atom stereocenters. The van der Waals surface area contributed by atoms with Crippen molar-refractivity contribution in [3.63, 3.8) is 0 Å². The zero-order valence-electron chi connectivity index (χ0n) is 9.99. The molecule has 0 aliphatic heterocycles. The summed E-state index contributed by atoms with van der Waals surface area (Å²) in [6.07, 6.45) is -4.64. The highest BCUT2D eigenvalue weighted by Gasteiger charge is 2.33. The van der Waals surface area contributed by atoms with Gasteiger partial charge in [-0.15, -0.1) is 0 Å². The minimum Gasteiger partial charge on any atom is -0.398 e. The van der Waals surface area contributed by atoms with E-state index < -0.39 is 27.5 Å². The molecule has 0 aliphatic rings. The molecule has 0 spiro atoms. The van der Waals surface area contributed by atoms with E-state index in [1.54, 1.807) is 0 Å². The van der Waals surface area contributed by atoms with Crippen LogP contribution < -0.4 is 10.5 Å². The van der Waals surface area contributed by atoms with Crippen LogP contribution in [0.5, 0.6) is 0 Å². The predicted octanol–water partition coefficient (Wildman–Crippen LogP) is 1.68. The number of nitrogens with one attached hydrogen (secondary N) is 1. The molecule has 1 rings (SSSR count). The molecular weight excluding hydrogens is 285 g/mol. The first-order chi connectivity index (χ1) is 8.65. The molecule has 0 saturated carbocycles. The number of hydrogen-bond donors (Lipinski definition) is 2. The van der Waals surface area contributed by atoms with Crippen molar-refractivity contribution >= 4 is 21.4 Å². The number of rotatable bonds is 5. The van der Waals surface area contributed by atoms with Crippen LogP contribution in [0.2, 0.25) is 0 Å². The highest BCUT2D eigenvalue weighted by atomic mass is 32.2. The lowest BCUT2D eigenvalue weighted by Gasteiger charge is -2.13. The molecule has 0 amide bonds. The van der Waals surface area contributed by atoms with Crippen LogP contribution in [0.15, 0.2) is 18.2 Å². The summed E-state index contributed by atoms with van der Waals surface area (Å²) >= 11 is 0. The second-order valence-corrected chi connectivity index (χ2v) is 5.56. The van der Waals surface area contributed by atoms with Crippen molar-refractivity contribution in [2.45, 2.75) is 6.18 Å². The molecule has 0 radical (unpaired) electrons. The summed E-state index contributed by atoms with van der Waals surface area (Å²) in [5.41, 5.74) is 3.46. The lowest BCUT2D eigenvalue weighted by Crippen LogP contribution is -2.20. The van der Waals surface area contributed by atoms with Gasteiger partial charge >= 0.3 is 6.18 Å². The van der Waals surface area contributed by atoms with Crippen LogP contribution >= 0.6 is 0 Å². The Morgan fingerprint density at radius 1 is 1.37 bits per heavy atom. The fourth-order valence-electron chi connectivity index (χ4n) is 1.29. The summed E-state index contributed by atoms with van der Waals surface area (Å²) in [4.78, 5) is 0. The van der Waals surface area contributed by atoms with Gasteiger partial charge in [0.2, 0.25) is 10.0 Å². The summed E-state index contributed by atoms with van der Waals surface area (Å²) in [6, 6.07) is 2.81. The minimum absolute atomic E-state index is 0.0591. The average molecular weight is 298 g/mol.